The minimum Gasteiger partial charge on any atom is -0.314 e. The van der Waals surface area contributed by atoms with Crippen LogP contribution in [-0.2, 0) is 0 Å². The smallest absolute Gasteiger partial charge is 0.129 e. The van der Waals surface area contributed by atoms with E-state index in [0.29, 0.717) is 5.02 Å². The van der Waals surface area contributed by atoms with Crippen molar-refractivity contribution in [3.8, 4) is 0 Å². The first-order valence-electron chi connectivity index (χ1n) is 6.12. The lowest BCUT2D eigenvalue weighted by molar-refractivity contribution is 0.166. The maximum absolute atomic E-state index is 13.9. The molecule has 5 heteroatoms. The SMILES string of the molecule is CC[C@H](c1ccc(Cl)cc1F)N1CCNCC1.Cl. The molecular formula is C13H19Cl2FN2. The molecule has 1 heterocycles. The number of piperazine rings is 1. The molecule has 0 saturated carbocycles. The van der Waals surface area contributed by atoms with Crippen LogP contribution >= 0.6 is 24.0 Å². The molecule has 1 atom stereocenters. The summed E-state index contributed by atoms with van der Waals surface area (Å²) in [7, 11) is 0. The Morgan fingerprint density at radius 1 is 1.39 bits per heavy atom. The van der Waals surface area contributed by atoms with Gasteiger partial charge in [-0.3, -0.25) is 4.90 Å². The topological polar surface area (TPSA) is 15.3 Å². The number of benzene rings is 1. The number of hydrogen-bond acceptors (Lipinski definition) is 2. The van der Waals surface area contributed by atoms with Crippen LogP contribution in [0.2, 0.25) is 5.02 Å². The molecule has 0 amide bonds. The molecule has 0 radical (unpaired) electrons. The molecule has 0 aromatic heterocycles. The van der Waals surface area contributed by atoms with Crippen molar-refractivity contribution in [1.82, 2.24) is 10.2 Å². The van der Waals surface area contributed by atoms with Gasteiger partial charge in [-0.2, -0.15) is 0 Å². The molecule has 102 valence electrons. The molecule has 1 N–H and O–H groups in total. The first kappa shape index (κ1) is 15.7. The third-order valence-electron chi connectivity index (χ3n) is 3.30. The van der Waals surface area contributed by atoms with Gasteiger partial charge < -0.3 is 5.32 Å². The molecule has 18 heavy (non-hydrogen) atoms. The van der Waals surface area contributed by atoms with Crippen LogP contribution in [0.5, 0.6) is 0 Å². The lowest BCUT2D eigenvalue weighted by Crippen LogP contribution is -2.45. The number of rotatable bonds is 3. The summed E-state index contributed by atoms with van der Waals surface area (Å²) in [5, 5.41) is 3.77. The molecule has 1 aromatic rings. The van der Waals surface area contributed by atoms with Crippen molar-refractivity contribution in [1.29, 1.82) is 0 Å². The van der Waals surface area contributed by atoms with Crippen LogP contribution < -0.4 is 5.32 Å². The Labute approximate surface area is 119 Å². The van der Waals surface area contributed by atoms with Crippen molar-refractivity contribution < 1.29 is 4.39 Å². The standard InChI is InChI=1S/C13H18ClFN2.ClH/c1-2-13(17-7-5-16-6-8-17)11-4-3-10(14)9-12(11)15;/h3-4,9,13,16H,2,5-8H2,1H3;1H/t13-;/m1./s1. The Balaban J connectivity index is 0.00000162. The molecular weight excluding hydrogens is 274 g/mol. The highest BCUT2D eigenvalue weighted by atomic mass is 35.5. The van der Waals surface area contributed by atoms with Gasteiger partial charge in [0, 0.05) is 42.8 Å². The van der Waals surface area contributed by atoms with Crippen molar-refractivity contribution in [2.45, 2.75) is 19.4 Å². The van der Waals surface area contributed by atoms with E-state index in [-0.39, 0.29) is 24.3 Å². The van der Waals surface area contributed by atoms with Gasteiger partial charge in [-0.25, -0.2) is 4.39 Å². The largest absolute Gasteiger partial charge is 0.314 e. The van der Waals surface area contributed by atoms with Crippen LogP contribution in [-0.4, -0.2) is 31.1 Å². The first-order chi connectivity index (χ1) is 8.22. The molecule has 0 aliphatic carbocycles. The highest BCUT2D eigenvalue weighted by molar-refractivity contribution is 6.30. The fourth-order valence-electron chi connectivity index (χ4n) is 2.44. The Morgan fingerprint density at radius 2 is 2.06 bits per heavy atom. The van der Waals surface area contributed by atoms with Crippen molar-refractivity contribution in [3.63, 3.8) is 0 Å². The predicted molar refractivity (Wildman–Crippen MR) is 76.1 cm³/mol. The summed E-state index contributed by atoms with van der Waals surface area (Å²) >= 11 is 5.79. The third-order valence-corrected chi connectivity index (χ3v) is 3.54. The Morgan fingerprint density at radius 3 is 2.61 bits per heavy atom. The molecule has 1 aliphatic heterocycles. The average molecular weight is 293 g/mol. The quantitative estimate of drug-likeness (QED) is 0.920. The van der Waals surface area contributed by atoms with Crippen LogP contribution in [0.4, 0.5) is 4.39 Å². The lowest BCUT2D eigenvalue weighted by atomic mass is 10.0. The summed E-state index contributed by atoms with van der Waals surface area (Å²) in [5.41, 5.74) is 0.763. The van der Waals surface area contributed by atoms with E-state index in [2.05, 4.69) is 17.1 Å². The van der Waals surface area contributed by atoms with E-state index in [1.807, 2.05) is 6.07 Å². The Bertz CT molecular complexity index is 381. The fraction of sp³-hybridized carbons (Fsp3) is 0.538. The molecule has 1 fully saturated rings. The van der Waals surface area contributed by atoms with Crippen LogP contribution in [0.3, 0.4) is 0 Å². The van der Waals surface area contributed by atoms with Crippen LogP contribution in [0.15, 0.2) is 18.2 Å². The summed E-state index contributed by atoms with van der Waals surface area (Å²) in [6, 6.07) is 5.15. The maximum Gasteiger partial charge on any atom is 0.129 e. The number of nitrogens with zero attached hydrogens (tertiary/aromatic N) is 1. The molecule has 1 saturated heterocycles. The molecule has 1 aromatic carbocycles. The van der Waals surface area contributed by atoms with Gasteiger partial charge in [-0.1, -0.05) is 24.6 Å². The monoisotopic (exact) mass is 292 g/mol. The maximum atomic E-state index is 13.9. The van der Waals surface area contributed by atoms with Crippen molar-refractivity contribution in [3.05, 3.63) is 34.6 Å². The number of hydrogen-bond donors (Lipinski definition) is 1. The van der Waals surface area contributed by atoms with Gasteiger partial charge in [-0.15, -0.1) is 12.4 Å². The van der Waals surface area contributed by atoms with Gasteiger partial charge >= 0.3 is 0 Å². The van der Waals surface area contributed by atoms with E-state index in [9.17, 15) is 4.39 Å². The molecule has 0 bridgehead atoms. The zero-order valence-electron chi connectivity index (χ0n) is 10.5. The summed E-state index contributed by atoms with van der Waals surface area (Å²) in [4.78, 5) is 2.34. The highest BCUT2D eigenvalue weighted by Crippen LogP contribution is 2.28. The normalized spacial score (nSPS) is 18.2. The highest BCUT2D eigenvalue weighted by Gasteiger charge is 2.22. The third kappa shape index (κ3) is 3.58. The molecule has 1 aliphatic rings. The average Bonchev–Trinajstić information content (AvgIpc) is 2.34. The van der Waals surface area contributed by atoms with Gasteiger partial charge in [0.15, 0.2) is 0 Å². The first-order valence-corrected chi connectivity index (χ1v) is 6.50. The van der Waals surface area contributed by atoms with Crippen LogP contribution in [0.25, 0.3) is 0 Å². The minimum absolute atomic E-state index is 0. The molecule has 2 nitrogen and oxygen atoms in total. The lowest BCUT2D eigenvalue weighted by Gasteiger charge is -2.34. The zero-order valence-corrected chi connectivity index (χ0v) is 12.0. The summed E-state index contributed by atoms with van der Waals surface area (Å²) in [5.74, 6) is -0.192. The summed E-state index contributed by atoms with van der Waals surface area (Å²) in [6.45, 7) is 6.00. The predicted octanol–water partition coefficient (Wildman–Crippen LogP) is 3.26. The number of nitrogens with one attached hydrogen (secondary N) is 1. The number of halogens is 3. The van der Waals surface area contributed by atoms with Crippen LogP contribution in [0.1, 0.15) is 24.9 Å². The molecule has 2 rings (SSSR count). The van der Waals surface area contributed by atoms with Crippen molar-refractivity contribution >= 4 is 24.0 Å². The Hall–Kier alpha value is -0.350. The molecule has 0 unspecified atom stereocenters. The van der Waals surface area contributed by atoms with E-state index >= 15 is 0 Å². The van der Waals surface area contributed by atoms with E-state index in [0.717, 1.165) is 38.2 Å². The second-order valence-electron chi connectivity index (χ2n) is 4.38. The van der Waals surface area contributed by atoms with Gasteiger partial charge in [0.2, 0.25) is 0 Å². The van der Waals surface area contributed by atoms with Gasteiger partial charge in [0.05, 0.1) is 0 Å². The van der Waals surface area contributed by atoms with Crippen LogP contribution in [0, 0.1) is 5.82 Å². The Kier molecular flexibility index (Phi) is 6.36. The minimum atomic E-state index is -0.192. The second-order valence-corrected chi connectivity index (χ2v) is 4.81. The summed E-state index contributed by atoms with van der Waals surface area (Å²) < 4.78 is 13.9. The van der Waals surface area contributed by atoms with Gasteiger partial charge in [0.25, 0.3) is 0 Å². The van der Waals surface area contributed by atoms with E-state index in [1.54, 1.807) is 6.07 Å². The zero-order chi connectivity index (χ0) is 12.3. The van der Waals surface area contributed by atoms with Gasteiger partial charge in [0.1, 0.15) is 5.82 Å². The van der Waals surface area contributed by atoms with Crippen molar-refractivity contribution in [2.24, 2.45) is 0 Å². The van der Waals surface area contributed by atoms with E-state index < -0.39 is 0 Å². The fourth-order valence-corrected chi connectivity index (χ4v) is 2.60. The van der Waals surface area contributed by atoms with Gasteiger partial charge in [-0.05, 0) is 18.6 Å². The summed E-state index contributed by atoms with van der Waals surface area (Å²) in [6.07, 6.45) is 0.915. The van der Waals surface area contributed by atoms with E-state index in [4.69, 9.17) is 11.6 Å². The second kappa shape index (κ2) is 7.29. The molecule has 0 spiro atoms. The van der Waals surface area contributed by atoms with E-state index in [1.165, 1.54) is 6.07 Å². The van der Waals surface area contributed by atoms with Crippen molar-refractivity contribution in [2.75, 3.05) is 26.2 Å².